The third-order valence-corrected chi connectivity index (χ3v) is 5.43. The summed E-state index contributed by atoms with van der Waals surface area (Å²) in [7, 11) is 1.56. The quantitative estimate of drug-likeness (QED) is 0.614. The lowest BCUT2D eigenvalue weighted by atomic mass is 9.92. The summed E-state index contributed by atoms with van der Waals surface area (Å²) >= 11 is 0. The molecule has 1 atom stereocenters. The Morgan fingerprint density at radius 2 is 1.82 bits per heavy atom. The van der Waals surface area contributed by atoms with Crippen molar-refractivity contribution in [2.45, 2.75) is 39.8 Å². The van der Waals surface area contributed by atoms with E-state index in [1.54, 1.807) is 38.3 Å². The van der Waals surface area contributed by atoms with Crippen LogP contribution in [0.2, 0.25) is 0 Å². The minimum absolute atomic E-state index is 0.254. The van der Waals surface area contributed by atoms with Gasteiger partial charge in [-0.05, 0) is 51.5 Å². The van der Waals surface area contributed by atoms with Gasteiger partial charge in [-0.1, -0.05) is 12.1 Å². The number of carbonyl (C=O) groups excluding carboxylic acids is 3. The SMILES string of the molecule is CCn1c(C)cc(C(=O)CN2C(=O)NC(C)(c3ccc(OC)cc3)C2=O)c1C. The van der Waals surface area contributed by atoms with Gasteiger partial charge in [0, 0.05) is 23.5 Å². The summed E-state index contributed by atoms with van der Waals surface area (Å²) in [4.78, 5) is 39.3. The molecule has 1 aromatic heterocycles. The van der Waals surface area contributed by atoms with Crippen LogP contribution in [-0.4, -0.2) is 40.8 Å². The average molecular weight is 383 g/mol. The normalized spacial score (nSPS) is 19.1. The number of aryl methyl sites for hydroxylation is 1. The number of nitrogens with one attached hydrogen (secondary N) is 1. The molecular weight excluding hydrogens is 358 g/mol. The van der Waals surface area contributed by atoms with Gasteiger partial charge in [-0.25, -0.2) is 4.79 Å². The smallest absolute Gasteiger partial charge is 0.325 e. The lowest BCUT2D eigenvalue weighted by Crippen LogP contribution is -2.41. The topological polar surface area (TPSA) is 80.6 Å². The summed E-state index contributed by atoms with van der Waals surface area (Å²) in [5.74, 6) is -0.0435. The molecule has 7 nitrogen and oxygen atoms in total. The van der Waals surface area contributed by atoms with E-state index in [0.717, 1.165) is 22.8 Å². The Balaban J connectivity index is 1.84. The van der Waals surface area contributed by atoms with Gasteiger partial charge < -0.3 is 14.6 Å². The molecule has 1 aromatic carbocycles. The van der Waals surface area contributed by atoms with Gasteiger partial charge in [0.05, 0.1) is 13.7 Å². The van der Waals surface area contributed by atoms with E-state index in [9.17, 15) is 14.4 Å². The van der Waals surface area contributed by atoms with Crippen LogP contribution in [0.3, 0.4) is 0 Å². The molecule has 1 aliphatic rings. The predicted octanol–water partition coefficient (Wildman–Crippen LogP) is 2.78. The number of Topliss-reactive ketones (excluding diaryl/α,β-unsaturated/α-hetero) is 1. The first-order chi connectivity index (χ1) is 13.2. The zero-order chi connectivity index (χ0) is 20.6. The highest BCUT2D eigenvalue weighted by molar-refractivity contribution is 6.11. The van der Waals surface area contributed by atoms with Crippen molar-refractivity contribution in [3.05, 3.63) is 52.8 Å². The van der Waals surface area contributed by atoms with Gasteiger partial charge in [0.2, 0.25) is 0 Å². The molecular formula is C21H25N3O4. The predicted molar refractivity (Wildman–Crippen MR) is 105 cm³/mol. The van der Waals surface area contributed by atoms with Crippen molar-refractivity contribution in [3.63, 3.8) is 0 Å². The summed E-state index contributed by atoms with van der Waals surface area (Å²) in [6, 6.07) is 8.17. The Labute approximate surface area is 164 Å². The van der Waals surface area contributed by atoms with Crippen LogP contribution < -0.4 is 10.1 Å². The molecule has 3 amide bonds. The van der Waals surface area contributed by atoms with E-state index in [2.05, 4.69) is 5.32 Å². The molecule has 1 fully saturated rings. The third kappa shape index (κ3) is 3.06. The third-order valence-electron chi connectivity index (χ3n) is 5.43. The first-order valence-electron chi connectivity index (χ1n) is 9.21. The molecule has 2 heterocycles. The maximum atomic E-state index is 13.0. The van der Waals surface area contributed by atoms with Gasteiger partial charge in [-0.15, -0.1) is 0 Å². The lowest BCUT2D eigenvalue weighted by molar-refractivity contribution is -0.130. The number of aromatic nitrogens is 1. The van der Waals surface area contributed by atoms with Gasteiger partial charge in [0.1, 0.15) is 11.3 Å². The fourth-order valence-electron chi connectivity index (χ4n) is 3.76. The van der Waals surface area contributed by atoms with Crippen molar-refractivity contribution in [2.24, 2.45) is 0 Å². The Morgan fingerprint density at radius 1 is 1.18 bits per heavy atom. The number of rotatable bonds is 6. The largest absolute Gasteiger partial charge is 0.497 e. The van der Waals surface area contributed by atoms with Crippen molar-refractivity contribution in [3.8, 4) is 5.75 Å². The Bertz CT molecular complexity index is 945. The zero-order valence-corrected chi connectivity index (χ0v) is 16.8. The van der Waals surface area contributed by atoms with E-state index in [0.29, 0.717) is 16.9 Å². The monoisotopic (exact) mass is 383 g/mol. The average Bonchev–Trinajstić information content (AvgIpc) is 3.09. The Hall–Kier alpha value is -3.09. The molecule has 0 saturated carbocycles. The van der Waals surface area contributed by atoms with Gasteiger partial charge in [0.25, 0.3) is 5.91 Å². The number of hydrogen-bond acceptors (Lipinski definition) is 4. The second-order valence-electron chi connectivity index (χ2n) is 7.13. The molecule has 28 heavy (non-hydrogen) atoms. The van der Waals surface area contributed by atoms with Gasteiger partial charge in [-0.3, -0.25) is 14.5 Å². The van der Waals surface area contributed by atoms with Crippen molar-refractivity contribution in [1.29, 1.82) is 0 Å². The zero-order valence-electron chi connectivity index (χ0n) is 16.8. The second kappa shape index (κ2) is 7.14. The van der Waals surface area contributed by atoms with Crippen LogP contribution in [0.5, 0.6) is 5.75 Å². The highest BCUT2D eigenvalue weighted by atomic mass is 16.5. The molecule has 0 aliphatic carbocycles. The number of benzene rings is 1. The van der Waals surface area contributed by atoms with Gasteiger partial charge >= 0.3 is 6.03 Å². The summed E-state index contributed by atoms with van der Waals surface area (Å²) in [6.07, 6.45) is 0. The van der Waals surface area contributed by atoms with E-state index in [4.69, 9.17) is 4.74 Å². The summed E-state index contributed by atoms with van der Waals surface area (Å²) in [5.41, 5.74) is 1.77. The number of imide groups is 1. The molecule has 1 unspecified atom stereocenters. The van der Waals surface area contributed by atoms with Gasteiger partial charge in [0.15, 0.2) is 5.78 Å². The van der Waals surface area contributed by atoms with Crippen molar-refractivity contribution < 1.29 is 19.1 Å². The van der Waals surface area contributed by atoms with E-state index in [-0.39, 0.29) is 12.3 Å². The van der Waals surface area contributed by atoms with Crippen LogP contribution >= 0.6 is 0 Å². The minimum Gasteiger partial charge on any atom is -0.497 e. The molecule has 0 radical (unpaired) electrons. The van der Waals surface area contributed by atoms with E-state index < -0.39 is 17.5 Å². The Kier molecular flexibility index (Phi) is 5.02. The number of ketones is 1. The van der Waals surface area contributed by atoms with Gasteiger partial charge in [-0.2, -0.15) is 0 Å². The first-order valence-corrected chi connectivity index (χ1v) is 9.21. The fourth-order valence-corrected chi connectivity index (χ4v) is 3.76. The van der Waals surface area contributed by atoms with Crippen molar-refractivity contribution in [1.82, 2.24) is 14.8 Å². The second-order valence-corrected chi connectivity index (χ2v) is 7.13. The maximum absolute atomic E-state index is 13.0. The number of methoxy groups -OCH3 is 1. The fraction of sp³-hybridized carbons (Fsp3) is 0.381. The molecule has 7 heteroatoms. The molecule has 0 spiro atoms. The number of ether oxygens (including phenoxy) is 1. The highest BCUT2D eigenvalue weighted by Gasteiger charge is 2.49. The maximum Gasteiger partial charge on any atom is 0.325 e. The number of carbonyl (C=O) groups is 3. The molecule has 2 aromatic rings. The summed E-state index contributed by atoms with van der Waals surface area (Å²) in [6.45, 7) is 7.92. The molecule has 3 rings (SSSR count). The molecule has 0 bridgehead atoms. The van der Waals surface area contributed by atoms with Crippen LogP contribution in [0.15, 0.2) is 30.3 Å². The number of hydrogen-bond donors (Lipinski definition) is 1. The van der Waals surface area contributed by atoms with E-state index in [1.165, 1.54) is 0 Å². The minimum atomic E-state index is -1.22. The van der Waals surface area contributed by atoms with Crippen LogP contribution in [0.1, 0.15) is 41.2 Å². The Morgan fingerprint density at radius 3 is 2.36 bits per heavy atom. The summed E-state index contributed by atoms with van der Waals surface area (Å²) < 4.78 is 7.17. The molecule has 1 saturated heterocycles. The lowest BCUT2D eigenvalue weighted by Gasteiger charge is -2.22. The number of urea groups is 1. The van der Waals surface area contributed by atoms with Crippen molar-refractivity contribution >= 4 is 17.7 Å². The standard InChI is InChI=1S/C21H25N3O4/c1-6-23-13(2)11-17(14(23)3)18(25)12-24-19(26)21(4,22-20(24)27)15-7-9-16(28-5)10-8-15/h7-11H,6,12H2,1-5H3,(H,22,27). The summed E-state index contributed by atoms with van der Waals surface area (Å²) in [5, 5.41) is 2.72. The number of amides is 3. The number of nitrogens with zero attached hydrogens (tertiary/aromatic N) is 2. The molecule has 1 aliphatic heterocycles. The highest BCUT2D eigenvalue weighted by Crippen LogP contribution is 2.30. The van der Waals surface area contributed by atoms with E-state index >= 15 is 0 Å². The van der Waals surface area contributed by atoms with Crippen LogP contribution in [0.4, 0.5) is 4.79 Å². The molecule has 1 N–H and O–H groups in total. The first kappa shape index (κ1) is 19.7. The van der Waals surface area contributed by atoms with Crippen LogP contribution in [0, 0.1) is 13.8 Å². The molecule has 148 valence electrons. The van der Waals surface area contributed by atoms with E-state index in [1.807, 2.05) is 31.4 Å². The van der Waals surface area contributed by atoms with Crippen molar-refractivity contribution in [2.75, 3.05) is 13.7 Å². The van der Waals surface area contributed by atoms with Crippen LogP contribution in [-0.2, 0) is 16.9 Å². The van der Waals surface area contributed by atoms with Crippen LogP contribution in [0.25, 0.3) is 0 Å².